The van der Waals surface area contributed by atoms with Crippen LogP contribution >= 0.6 is 11.6 Å². The fourth-order valence-electron chi connectivity index (χ4n) is 3.35. The number of esters is 1. The van der Waals surface area contributed by atoms with E-state index in [1.165, 1.54) is 31.3 Å². The van der Waals surface area contributed by atoms with Crippen molar-refractivity contribution in [3.8, 4) is 11.5 Å². The Hall–Kier alpha value is -4.31. The molecule has 10 nitrogen and oxygen atoms in total. The number of urea groups is 2. The van der Waals surface area contributed by atoms with Crippen molar-refractivity contribution in [2.24, 2.45) is 0 Å². The Morgan fingerprint density at radius 3 is 2.49 bits per heavy atom. The van der Waals surface area contributed by atoms with Gasteiger partial charge in [-0.15, -0.1) is 0 Å². The van der Waals surface area contributed by atoms with E-state index in [0.717, 1.165) is 10.5 Å². The van der Waals surface area contributed by atoms with Crippen LogP contribution in [-0.2, 0) is 11.3 Å². The Balaban J connectivity index is 1.47. The molecule has 1 aliphatic rings. The number of benzene rings is 2. The van der Waals surface area contributed by atoms with E-state index in [4.69, 9.17) is 16.3 Å². The van der Waals surface area contributed by atoms with Crippen molar-refractivity contribution in [2.45, 2.75) is 12.8 Å². The number of anilines is 1. The summed E-state index contributed by atoms with van der Waals surface area (Å²) in [7, 11) is 2.69. The van der Waals surface area contributed by atoms with E-state index >= 15 is 0 Å². The normalized spacial score (nSPS) is 15.5. The van der Waals surface area contributed by atoms with Gasteiger partial charge in [-0.25, -0.2) is 24.3 Å². The van der Waals surface area contributed by atoms with Gasteiger partial charge in [0.1, 0.15) is 11.5 Å². The average Bonchev–Trinajstić information content (AvgIpc) is 2.87. The summed E-state index contributed by atoms with van der Waals surface area (Å²) in [5.74, 6) is 0.371. The van der Waals surface area contributed by atoms with Crippen molar-refractivity contribution in [3.63, 3.8) is 0 Å². The zero-order valence-corrected chi connectivity index (χ0v) is 19.7. The zero-order chi connectivity index (χ0) is 24.9. The van der Waals surface area contributed by atoms with Gasteiger partial charge in [0.2, 0.25) is 0 Å². The zero-order valence-electron chi connectivity index (χ0n) is 18.9. The van der Waals surface area contributed by atoms with Crippen LogP contribution in [-0.4, -0.2) is 53.3 Å². The fraction of sp³-hybridized carbons (Fsp3) is 0.167. The molecule has 2 N–H and O–H groups in total. The lowest BCUT2D eigenvalue weighted by Crippen LogP contribution is -2.65. The van der Waals surface area contributed by atoms with Gasteiger partial charge < -0.3 is 14.8 Å². The molecule has 2 aromatic carbocycles. The minimum atomic E-state index is -0.781. The summed E-state index contributed by atoms with van der Waals surface area (Å²) in [6.07, 6.45) is 0.670. The Kier molecular flexibility index (Phi) is 7.02. The molecule has 0 spiro atoms. The third-order valence-corrected chi connectivity index (χ3v) is 5.45. The number of methoxy groups -OCH3 is 1. The number of aromatic nitrogens is 1. The third-order valence-electron chi connectivity index (χ3n) is 5.19. The number of nitrogens with one attached hydrogen (secondary N) is 2. The van der Waals surface area contributed by atoms with Crippen molar-refractivity contribution in [2.75, 3.05) is 19.5 Å². The lowest BCUT2D eigenvalue weighted by molar-refractivity contribution is 0.0593. The second-order valence-corrected chi connectivity index (χ2v) is 8.02. The van der Waals surface area contributed by atoms with Crippen LogP contribution in [0.1, 0.15) is 16.1 Å². The third kappa shape index (κ3) is 5.61. The smallest absolute Gasteiger partial charge is 0.356 e. The molecule has 1 unspecified atom stereocenters. The van der Waals surface area contributed by atoms with Gasteiger partial charge in [-0.3, -0.25) is 10.2 Å². The Morgan fingerprint density at radius 2 is 1.80 bits per heavy atom. The molecular weight excluding hydrogens is 474 g/mol. The first-order valence-electron chi connectivity index (χ1n) is 10.5. The number of carbonyl (C=O) groups excluding carboxylic acids is 3. The molecule has 0 aliphatic carbocycles. The van der Waals surface area contributed by atoms with Crippen LogP contribution in [0.2, 0.25) is 5.02 Å². The summed E-state index contributed by atoms with van der Waals surface area (Å²) in [4.78, 5) is 43.2. The van der Waals surface area contributed by atoms with Crippen molar-refractivity contribution >= 4 is 35.3 Å². The molecule has 1 aromatic heterocycles. The predicted octanol–water partition coefficient (Wildman–Crippen LogP) is 4.29. The van der Waals surface area contributed by atoms with E-state index in [0.29, 0.717) is 22.2 Å². The summed E-state index contributed by atoms with van der Waals surface area (Å²) in [5, 5.41) is 6.53. The number of halogens is 1. The highest BCUT2D eigenvalue weighted by atomic mass is 35.5. The molecule has 11 heteroatoms. The van der Waals surface area contributed by atoms with Crippen molar-refractivity contribution in [1.82, 2.24) is 20.1 Å². The maximum absolute atomic E-state index is 12.8. The second-order valence-electron chi connectivity index (χ2n) is 7.59. The van der Waals surface area contributed by atoms with Crippen LogP contribution < -0.4 is 15.4 Å². The summed E-state index contributed by atoms with van der Waals surface area (Å²) in [5.41, 5.74) is 1.63. The lowest BCUT2D eigenvalue weighted by atomic mass is 10.2. The molecule has 35 heavy (non-hydrogen) atoms. The maximum atomic E-state index is 12.8. The first kappa shape index (κ1) is 23.8. The van der Waals surface area contributed by atoms with E-state index in [-0.39, 0.29) is 12.2 Å². The number of nitrogens with zero attached hydrogens (tertiary/aromatic N) is 3. The topological polar surface area (TPSA) is 113 Å². The van der Waals surface area contributed by atoms with E-state index in [1.807, 2.05) is 12.1 Å². The van der Waals surface area contributed by atoms with Gasteiger partial charge in [-0.2, -0.15) is 0 Å². The van der Waals surface area contributed by atoms with Gasteiger partial charge in [-0.05, 0) is 48.0 Å². The van der Waals surface area contributed by atoms with Crippen molar-refractivity contribution in [3.05, 3.63) is 83.1 Å². The SMILES string of the molecule is COC(=O)c1cc(Oc2ccc(NC3NC(=O)N(C)C(=O)N3Cc3ccc(Cl)cc3)cc2)ccn1. The van der Waals surface area contributed by atoms with E-state index in [2.05, 4.69) is 20.4 Å². The highest BCUT2D eigenvalue weighted by molar-refractivity contribution is 6.30. The summed E-state index contributed by atoms with van der Waals surface area (Å²) >= 11 is 5.96. The molecule has 2 heterocycles. The summed E-state index contributed by atoms with van der Waals surface area (Å²) in [6, 6.07) is 16.2. The Morgan fingerprint density at radius 1 is 1.09 bits per heavy atom. The predicted molar refractivity (Wildman–Crippen MR) is 128 cm³/mol. The minimum absolute atomic E-state index is 0.131. The highest BCUT2D eigenvalue weighted by Gasteiger charge is 2.36. The highest BCUT2D eigenvalue weighted by Crippen LogP contribution is 2.25. The molecule has 1 saturated heterocycles. The summed E-state index contributed by atoms with van der Waals surface area (Å²) < 4.78 is 10.5. The molecule has 180 valence electrons. The molecule has 4 rings (SSSR count). The van der Waals surface area contributed by atoms with Gasteiger partial charge in [-0.1, -0.05) is 23.7 Å². The van der Waals surface area contributed by atoms with E-state index in [9.17, 15) is 14.4 Å². The molecule has 0 bridgehead atoms. The van der Waals surface area contributed by atoms with Crippen molar-refractivity contribution < 1.29 is 23.9 Å². The van der Waals surface area contributed by atoms with E-state index in [1.54, 1.807) is 42.5 Å². The number of amides is 4. The monoisotopic (exact) mass is 495 g/mol. The molecule has 1 fully saturated rings. The van der Waals surface area contributed by atoms with Crippen LogP contribution in [0.3, 0.4) is 0 Å². The number of hydrogen-bond donors (Lipinski definition) is 2. The lowest BCUT2D eigenvalue weighted by Gasteiger charge is -2.40. The average molecular weight is 496 g/mol. The van der Waals surface area contributed by atoms with Crippen LogP contribution in [0, 0.1) is 0 Å². The number of hydrogen-bond acceptors (Lipinski definition) is 7. The molecule has 1 atom stereocenters. The van der Waals surface area contributed by atoms with Crippen molar-refractivity contribution in [1.29, 1.82) is 0 Å². The quantitative estimate of drug-likeness (QED) is 0.470. The van der Waals surface area contributed by atoms with E-state index < -0.39 is 24.3 Å². The molecule has 1 aliphatic heterocycles. The second kappa shape index (κ2) is 10.3. The molecule has 4 amide bonds. The number of ether oxygens (including phenoxy) is 2. The largest absolute Gasteiger partial charge is 0.464 e. The van der Waals surface area contributed by atoms with Crippen LogP contribution in [0.25, 0.3) is 0 Å². The standard InChI is InChI=1S/C24H22ClN5O5/c1-29-23(32)28-22(30(24(29)33)14-15-3-5-16(25)6-4-15)27-17-7-9-18(10-8-17)35-19-11-12-26-20(13-19)21(31)34-2/h3-13,22,27H,14H2,1-2H3,(H,28,32). The van der Waals surface area contributed by atoms with Gasteiger partial charge in [0.05, 0.1) is 13.7 Å². The minimum Gasteiger partial charge on any atom is -0.464 e. The Labute approximate surface area is 206 Å². The molecule has 0 radical (unpaired) electrons. The van der Waals surface area contributed by atoms with Crippen LogP contribution in [0.5, 0.6) is 11.5 Å². The Bertz CT molecular complexity index is 1240. The number of rotatable bonds is 7. The van der Waals surface area contributed by atoms with Gasteiger partial charge >= 0.3 is 18.0 Å². The maximum Gasteiger partial charge on any atom is 0.356 e. The number of carbonyl (C=O) groups is 3. The fourth-order valence-corrected chi connectivity index (χ4v) is 3.47. The first-order chi connectivity index (χ1) is 16.8. The van der Waals surface area contributed by atoms with Crippen LogP contribution in [0.15, 0.2) is 66.9 Å². The van der Waals surface area contributed by atoms with Gasteiger partial charge in [0, 0.05) is 30.0 Å². The number of pyridine rings is 1. The van der Waals surface area contributed by atoms with Crippen LogP contribution in [0.4, 0.5) is 15.3 Å². The number of imide groups is 1. The summed E-state index contributed by atoms with van der Waals surface area (Å²) in [6.45, 7) is 0.254. The molecular formula is C24H22ClN5O5. The molecule has 0 saturated carbocycles. The first-order valence-corrected chi connectivity index (χ1v) is 10.9. The van der Waals surface area contributed by atoms with Gasteiger partial charge in [0.15, 0.2) is 12.0 Å². The van der Waals surface area contributed by atoms with Gasteiger partial charge in [0.25, 0.3) is 0 Å². The molecule has 3 aromatic rings.